The fraction of sp³-hybridized carbons (Fsp3) is 0. The van der Waals surface area contributed by atoms with E-state index in [0.29, 0.717) is 17.5 Å². The van der Waals surface area contributed by atoms with Crippen molar-refractivity contribution in [3.8, 4) is 56.4 Å². The Labute approximate surface area is 294 Å². The Hall–Kier alpha value is -6.91. The average Bonchev–Trinajstić information content (AvgIpc) is 3.60. The zero-order valence-corrected chi connectivity index (χ0v) is 27.5. The van der Waals surface area contributed by atoms with Crippen LogP contribution in [0.2, 0.25) is 0 Å². The summed E-state index contributed by atoms with van der Waals surface area (Å²) in [5, 5.41) is 6.81. The molecule has 4 heteroatoms. The third kappa shape index (κ3) is 4.96. The van der Waals surface area contributed by atoms with Crippen LogP contribution in [0, 0.1) is 0 Å². The molecule has 0 fully saturated rings. The number of nitrogens with zero attached hydrogens (tertiary/aromatic N) is 3. The van der Waals surface area contributed by atoms with Gasteiger partial charge in [-0.1, -0.05) is 158 Å². The quantitative estimate of drug-likeness (QED) is 0.186. The molecule has 2 aromatic heterocycles. The molecule has 8 aromatic carbocycles. The van der Waals surface area contributed by atoms with E-state index in [2.05, 4.69) is 115 Å². The third-order valence-electron chi connectivity index (χ3n) is 9.74. The second-order valence-corrected chi connectivity index (χ2v) is 12.8. The van der Waals surface area contributed by atoms with Gasteiger partial charge in [-0.2, -0.15) is 0 Å². The Morgan fingerprint density at radius 2 is 0.902 bits per heavy atom. The van der Waals surface area contributed by atoms with Gasteiger partial charge in [0, 0.05) is 33.0 Å². The maximum atomic E-state index is 6.70. The van der Waals surface area contributed by atoms with Crippen molar-refractivity contribution in [3.63, 3.8) is 0 Å². The SMILES string of the molecule is c1ccc(-c2nc(-c3ccccc3)nc(-c3ccc(-c4cccc5oc6c(-c7ccc8ccccc8c7)cccc6c45)c4ccccc34)n2)cc1. The number of hydrogen-bond acceptors (Lipinski definition) is 4. The second-order valence-electron chi connectivity index (χ2n) is 12.8. The van der Waals surface area contributed by atoms with Crippen LogP contribution in [0.1, 0.15) is 0 Å². The summed E-state index contributed by atoms with van der Waals surface area (Å²) in [6.07, 6.45) is 0. The first-order chi connectivity index (χ1) is 25.3. The van der Waals surface area contributed by atoms with Crippen molar-refractivity contribution in [1.29, 1.82) is 0 Å². The lowest BCUT2D eigenvalue weighted by Gasteiger charge is -2.13. The number of para-hydroxylation sites is 1. The van der Waals surface area contributed by atoms with E-state index in [4.69, 9.17) is 19.4 Å². The van der Waals surface area contributed by atoms with Crippen molar-refractivity contribution in [2.45, 2.75) is 0 Å². The minimum absolute atomic E-state index is 0.637. The molecule has 0 saturated carbocycles. The fourth-order valence-electron chi connectivity index (χ4n) is 7.31. The van der Waals surface area contributed by atoms with Crippen LogP contribution in [0.3, 0.4) is 0 Å². The zero-order valence-electron chi connectivity index (χ0n) is 27.5. The van der Waals surface area contributed by atoms with Gasteiger partial charge in [0.15, 0.2) is 17.5 Å². The fourth-order valence-corrected chi connectivity index (χ4v) is 7.31. The largest absolute Gasteiger partial charge is 0.455 e. The van der Waals surface area contributed by atoms with Gasteiger partial charge in [-0.25, -0.2) is 15.0 Å². The predicted octanol–water partition coefficient (Wildman–Crippen LogP) is 12.4. The normalized spacial score (nSPS) is 11.5. The van der Waals surface area contributed by atoms with Gasteiger partial charge in [0.1, 0.15) is 11.2 Å². The summed E-state index contributed by atoms with van der Waals surface area (Å²) >= 11 is 0. The molecular weight excluding hydrogens is 623 g/mol. The van der Waals surface area contributed by atoms with E-state index < -0.39 is 0 Å². The Balaban J connectivity index is 1.16. The average molecular weight is 652 g/mol. The van der Waals surface area contributed by atoms with Crippen LogP contribution < -0.4 is 0 Å². The van der Waals surface area contributed by atoms with Crippen molar-refractivity contribution in [3.05, 3.63) is 176 Å². The first-order valence-electron chi connectivity index (χ1n) is 17.1. The van der Waals surface area contributed by atoms with Crippen molar-refractivity contribution in [1.82, 2.24) is 15.0 Å². The number of hydrogen-bond donors (Lipinski definition) is 0. The van der Waals surface area contributed by atoms with Gasteiger partial charge in [0.05, 0.1) is 0 Å². The molecule has 238 valence electrons. The van der Waals surface area contributed by atoms with Crippen molar-refractivity contribution >= 4 is 43.5 Å². The van der Waals surface area contributed by atoms with Crippen LogP contribution in [0.4, 0.5) is 0 Å². The van der Waals surface area contributed by atoms with Gasteiger partial charge in [-0.3, -0.25) is 0 Å². The Kier molecular flexibility index (Phi) is 6.78. The summed E-state index contributed by atoms with van der Waals surface area (Å²) in [6, 6.07) is 61.0. The van der Waals surface area contributed by atoms with Crippen molar-refractivity contribution < 1.29 is 4.42 Å². The molecule has 0 aliphatic rings. The molecule has 0 aliphatic heterocycles. The van der Waals surface area contributed by atoms with Crippen LogP contribution in [0.25, 0.3) is 99.9 Å². The van der Waals surface area contributed by atoms with E-state index >= 15 is 0 Å². The van der Waals surface area contributed by atoms with E-state index in [9.17, 15) is 0 Å². The second kappa shape index (κ2) is 11.9. The van der Waals surface area contributed by atoms with Crippen molar-refractivity contribution in [2.24, 2.45) is 0 Å². The van der Waals surface area contributed by atoms with E-state index in [1.807, 2.05) is 60.7 Å². The Morgan fingerprint density at radius 1 is 0.333 bits per heavy atom. The monoisotopic (exact) mass is 651 g/mol. The number of furan rings is 1. The summed E-state index contributed by atoms with van der Waals surface area (Å²) in [5.41, 5.74) is 9.06. The first kappa shape index (κ1) is 29.0. The topological polar surface area (TPSA) is 51.8 Å². The lowest BCUT2D eigenvalue weighted by molar-refractivity contribution is 0.670. The minimum atomic E-state index is 0.637. The highest BCUT2D eigenvalue weighted by molar-refractivity contribution is 6.18. The highest BCUT2D eigenvalue weighted by atomic mass is 16.3. The molecule has 0 atom stereocenters. The smallest absolute Gasteiger partial charge is 0.164 e. The van der Waals surface area contributed by atoms with E-state index in [0.717, 1.165) is 71.7 Å². The molecule has 10 rings (SSSR count). The molecule has 4 nitrogen and oxygen atoms in total. The van der Waals surface area contributed by atoms with Crippen LogP contribution in [0.15, 0.2) is 180 Å². The van der Waals surface area contributed by atoms with Crippen LogP contribution in [-0.4, -0.2) is 15.0 Å². The molecule has 51 heavy (non-hydrogen) atoms. The zero-order chi connectivity index (χ0) is 33.7. The van der Waals surface area contributed by atoms with Crippen LogP contribution in [-0.2, 0) is 0 Å². The summed E-state index contributed by atoms with van der Waals surface area (Å²) in [5.74, 6) is 1.92. The minimum Gasteiger partial charge on any atom is -0.455 e. The predicted molar refractivity (Wildman–Crippen MR) is 209 cm³/mol. The Bertz CT molecular complexity index is 2860. The molecular formula is C47H29N3O. The van der Waals surface area contributed by atoms with Gasteiger partial charge < -0.3 is 4.42 Å². The molecule has 10 aromatic rings. The van der Waals surface area contributed by atoms with Gasteiger partial charge in [-0.15, -0.1) is 0 Å². The maximum Gasteiger partial charge on any atom is 0.164 e. The number of benzene rings is 8. The summed E-state index contributed by atoms with van der Waals surface area (Å²) in [6.45, 7) is 0. The molecule has 0 amide bonds. The molecule has 0 unspecified atom stereocenters. The van der Waals surface area contributed by atoms with Crippen molar-refractivity contribution in [2.75, 3.05) is 0 Å². The van der Waals surface area contributed by atoms with E-state index in [-0.39, 0.29) is 0 Å². The van der Waals surface area contributed by atoms with Crippen LogP contribution in [0.5, 0.6) is 0 Å². The van der Waals surface area contributed by atoms with Gasteiger partial charge in [0.25, 0.3) is 0 Å². The van der Waals surface area contributed by atoms with Gasteiger partial charge >= 0.3 is 0 Å². The summed E-state index contributed by atoms with van der Waals surface area (Å²) < 4.78 is 6.70. The van der Waals surface area contributed by atoms with Gasteiger partial charge in [-0.05, 0) is 56.4 Å². The molecule has 0 saturated heterocycles. The standard InChI is InChI=1S/C47H29N3O/c1-3-14-31(15-4-1)45-48-46(32-16-5-2-6-17-32)50-47(49-45)40-28-27-38(36-19-9-10-20-37(36)40)39-22-12-24-42-43(39)41-23-11-21-35(44(41)51-42)34-26-25-30-13-7-8-18-33(30)29-34/h1-29H. The highest BCUT2D eigenvalue weighted by Gasteiger charge is 2.20. The molecule has 0 bridgehead atoms. The molecule has 0 aliphatic carbocycles. The Morgan fingerprint density at radius 3 is 1.65 bits per heavy atom. The third-order valence-corrected chi connectivity index (χ3v) is 9.74. The molecule has 0 N–H and O–H groups in total. The lowest BCUT2D eigenvalue weighted by Crippen LogP contribution is -2.00. The number of fused-ring (bicyclic) bond motifs is 5. The maximum absolute atomic E-state index is 6.70. The number of rotatable bonds is 5. The van der Waals surface area contributed by atoms with E-state index in [1.54, 1.807) is 0 Å². The summed E-state index contributed by atoms with van der Waals surface area (Å²) in [7, 11) is 0. The lowest BCUT2D eigenvalue weighted by atomic mass is 9.91. The van der Waals surface area contributed by atoms with Crippen LogP contribution >= 0.6 is 0 Å². The number of aromatic nitrogens is 3. The molecule has 2 heterocycles. The van der Waals surface area contributed by atoms with Gasteiger partial charge in [0.2, 0.25) is 0 Å². The van der Waals surface area contributed by atoms with E-state index in [1.165, 1.54) is 10.8 Å². The molecule has 0 radical (unpaired) electrons. The molecule has 0 spiro atoms. The highest BCUT2D eigenvalue weighted by Crippen LogP contribution is 2.43. The first-order valence-corrected chi connectivity index (χ1v) is 17.1. The summed E-state index contributed by atoms with van der Waals surface area (Å²) in [4.78, 5) is 15.0.